The van der Waals surface area contributed by atoms with Gasteiger partial charge in [-0.05, 0) is 44.4 Å². The Hall–Kier alpha value is -1.84. The topological polar surface area (TPSA) is 76.4 Å². The quantitative estimate of drug-likeness (QED) is 0.368. The molecule has 2 rings (SSSR count). The van der Waals surface area contributed by atoms with E-state index in [0.29, 0.717) is 6.54 Å². The Morgan fingerprint density at radius 2 is 2.00 bits per heavy atom. The fourth-order valence-corrected chi connectivity index (χ4v) is 2.43. The third-order valence-corrected chi connectivity index (χ3v) is 4.08. The summed E-state index contributed by atoms with van der Waals surface area (Å²) in [4.78, 5) is 4.58. The van der Waals surface area contributed by atoms with Gasteiger partial charge in [-0.25, -0.2) is 4.99 Å². The summed E-state index contributed by atoms with van der Waals surface area (Å²) in [5, 5.41) is 14.8. The van der Waals surface area contributed by atoms with E-state index in [1.54, 1.807) is 7.11 Å². The van der Waals surface area contributed by atoms with Crippen LogP contribution >= 0.6 is 24.0 Å². The molecule has 0 spiro atoms. The van der Waals surface area contributed by atoms with E-state index in [9.17, 15) is 0 Å². The number of methoxy groups -OCH3 is 1. The first-order valence-corrected chi connectivity index (χ1v) is 8.55. The summed E-state index contributed by atoms with van der Waals surface area (Å²) in [5.41, 5.74) is 2.38. The van der Waals surface area contributed by atoms with E-state index in [-0.39, 0.29) is 24.0 Å². The van der Waals surface area contributed by atoms with Crippen LogP contribution < -0.4 is 15.4 Å². The van der Waals surface area contributed by atoms with Gasteiger partial charge in [-0.15, -0.1) is 34.2 Å². The zero-order chi connectivity index (χ0) is 18.2. The smallest absolute Gasteiger partial charge is 0.191 e. The third kappa shape index (κ3) is 6.15. The Morgan fingerprint density at radius 1 is 1.23 bits per heavy atom. The minimum atomic E-state index is 0. The van der Waals surface area contributed by atoms with E-state index in [0.717, 1.165) is 48.4 Å². The molecule has 1 heterocycles. The highest BCUT2D eigenvalue weighted by Gasteiger charge is 2.05. The van der Waals surface area contributed by atoms with Gasteiger partial charge in [-0.1, -0.05) is 12.1 Å². The summed E-state index contributed by atoms with van der Waals surface area (Å²) in [7, 11) is 3.65. The van der Waals surface area contributed by atoms with Gasteiger partial charge in [0.1, 0.15) is 18.1 Å². The maximum Gasteiger partial charge on any atom is 0.191 e. The Labute approximate surface area is 172 Å². The molecule has 26 heavy (non-hydrogen) atoms. The second-order valence-corrected chi connectivity index (χ2v) is 5.90. The molecule has 0 saturated carbocycles. The summed E-state index contributed by atoms with van der Waals surface area (Å²) in [6.07, 6.45) is 0.893. The zero-order valence-electron chi connectivity index (χ0n) is 16.2. The standard InChI is InChI=1S/C18H28N6O.HI/c1-6-19-18(21-12-17-23-22-14(3)24(17)4)20-10-9-15-8-7-13(2)16(11-15)25-5;/h7-8,11H,6,9-10,12H2,1-5H3,(H2,19,20,21);1H. The van der Waals surface area contributed by atoms with E-state index in [1.165, 1.54) is 5.56 Å². The summed E-state index contributed by atoms with van der Waals surface area (Å²) in [6, 6.07) is 6.30. The maximum atomic E-state index is 5.38. The van der Waals surface area contributed by atoms with Crippen LogP contribution in [0.1, 0.15) is 29.7 Å². The lowest BCUT2D eigenvalue weighted by Crippen LogP contribution is -2.38. The lowest BCUT2D eigenvalue weighted by atomic mass is 10.1. The van der Waals surface area contributed by atoms with E-state index in [2.05, 4.69) is 50.9 Å². The largest absolute Gasteiger partial charge is 0.496 e. The number of guanidine groups is 1. The van der Waals surface area contributed by atoms with Gasteiger partial charge in [-0.3, -0.25) is 0 Å². The molecule has 2 aromatic rings. The van der Waals surface area contributed by atoms with Crippen LogP contribution in [0.25, 0.3) is 0 Å². The molecule has 0 amide bonds. The van der Waals surface area contributed by atoms with Gasteiger partial charge in [-0.2, -0.15) is 0 Å². The second-order valence-electron chi connectivity index (χ2n) is 5.90. The Morgan fingerprint density at radius 3 is 2.62 bits per heavy atom. The minimum absolute atomic E-state index is 0. The van der Waals surface area contributed by atoms with Gasteiger partial charge < -0.3 is 19.9 Å². The number of aliphatic imine (C=N–C) groups is 1. The molecule has 0 aliphatic rings. The molecule has 0 aliphatic carbocycles. The molecule has 0 radical (unpaired) electrons. The number of aryl methyl sites for hydroxylation is 2. The molecule has 7 nitrogen and oxygen atoms in total. The van der Waals surface area contributed by atoms with Crippen LogP contribution in [0.2, 0.25) is 0 Å². The first-order valence-electron chi connectivity index (χ1n) is 8.55. The van der Waals surface area contributed by atoms with Crippen LogP contribution in [0.5, 0.6) is 5.75 Å². The van der Waals surface area contributed by atoms with Crippen molar-refractivity contribution in [2.45, 2.75) is 33.7 Å². The van der Waals surface area contributed by atoms with Crippen molar-refractivity contribution in [1.82, 2.24) is 25.4 Å². The van der Waals surface area contributed by atoms with Crippen LogP contribution in [-0.4, -0.2) is 40.9 Å². The Bertz CT molecular complexity index is 728. The van der Waals surface area contributed by atoms with Crippen molar-refractivity contribution in [1.29, 1.82) is 0 Å². The number of benzene rings is 1. The second kappa shape index (κ2) is 11.0. The molecule has 2 N–H and O–H groups in total. The lowest BCUT2D eigenvalue weighted by Gasteiger charge is -2.12. The number of nitrogens with one attached hydrogen (secondary N) is 2. The molecule has 0 fully saturated rings. The van der Waals surface area contributed by atoms with Crippen molar-refractivity contribution in [3.8, 4) is 5.75 Å². The molecule has 1 aromatic carbocycles. The van der Waals surface area contributed by atoms with Crippen molar-refractivity contribution in [3.63, 3.8) is 0 Å². The fraction of sp³-hybridized carbons (Fsp3) is 0.500. The molecule has 1 aromatic heterocycles. The SMILES string of the molecule is CCNC(=NCc1nnc(C)n1C)NCCc1ccc(C)c(OC)c1.I. The van der Waals surface area contributed by atoms with Crippen LogP contribution in [-0.2, 0) is 20.0 Å². The highest BCUT2D eigenvalue weighted by atomic mass is 127. The van der Waals surface area contributed by atoms with E-state index in [1.807, 2.05) is 25.5 Å². The Kier molecular flexibility index (Phi) is 9.39. The van der Waals surface area contributed by atoms with Gasteiger partial charge in [0.15, 0.2) is 11.8 Å². The maximum absolute atomic E-state index is 5.38. The van der Waals surface area contributed by atoms with Gasteiger partial charge in [0.25, 0.3) is 0 Å². The monoisotopic (exact) mass is 472 g/mol. The molecular weight excluding hydrogens is 443 g/mol. The van der Waals surface area contributed by atoms with Gasteiger partial charge >= 0.3 is 0 Å². The number of ether oxygens (including phenoxy) is 1. The first kappa shape index (κ1) is 22.2. The van der Waals surface area contributed by atoms with E-state index in [4.69, 9.17) is 4.74 Å². The molecule has 8 heteroatoms. The molecule has 0 atom stereocenters. The van der Waals surface area contributed by atoms with Crippen LogP contribution in [0.4, 0.5) is 0 Å². The number of hydrogen-bond donors (Lipinski definition) is 2. The average Bonchev–Trinajstić information content (AvgIpc) is 2.93. The van der Waals surface area contributed by atoms with Gasteiger partial charge in [0.05, 0.1) is 7.11 Å². The summed E-state index contributed by atoms with van der Waals surface area (Å²) < 4.78 is 7.33. The number of rotatable bonds is 7. The molecule has 0 aliphatic heterocycles. The number of halogens is 1. The highest BCUT2D eigenvalue weighted by molar-refractivity contribution is 14.0. The summed E-state index contributed by atoms with van der Waals surface area (Å²) >= 11 is 0. The van der Waals surface area contributed by atoms with Crippen LogP contribution in [0, 0.1) is 13.8 Å². The van der Waals surface area contributed by atoms with Gasteiger partial charge in [0, 0.05) is 20.1 Å². The summed E-state index contributed by atoms with van der Waals surface area (Å²) in [6.45, 7) is 8.11. The number of hydrogen-bond acceptors (Lipinski definition) is 4. The molecule has 0 saturated heterocycles. The Balaban J connectivity index is 0.00000338. The van der Waals surface area contributed by atoms with Crippen molar-refractivity contribution in [3.05, 3.63) is 41.0 Å². The highest BCUT2D eigenvalue weighted by Crippen LogP contribution is 2.18. The minimum Gasteiger partial charge on any atom is -0.496 e. The molecule has 144 valence electrons. The number of nitrogens with zero attached hydrogens (tertiary/aromatic N) is 4. The third-order valence-electron chi connectivity index (χ3n) is 4.08. The summed E-state index contributed by atoms with van der Waals surface area (Å²) in [5.74, 6) is 3.44. The molecule has 0 unspecified atom stereocenters. The van der Waals surface area contributed by atoms with Crippen molar-refractivity contribution < 1.29 is 4.74 Å². The van der Waals surface area contributed by atoms with E-state index >= 15 is 0 Å². The average molecular weight is 472 g/mol. The van der Waals surface area contributed by atoms with Crippen LogP contribution in [0.15, 0.2) is 23.2 Å². The lowest BCUT2D eigenvalue weighted by molar-refractivity contribution is 0.411. The predicted octanol–water partition coefficient (Wildman–Crippen LogP) is 2.36. The fourth-order valence-electron chi connectivity index (χ4n) is 2.43. The first-order chi connectivity index (χ1) is 12.0. The zero-order valence-corrected chi connectivity index (χ0v) is 18.5. The molecular formula is C18H29IN6O. The predicted molar refractivity (Wildman–Crippen MR) is 115 cm³/mol. The van der Waals surface area contributed by atoms with E-state index < -0.39 is 0 Å². The normalized spacial score (nSPS) is 11.0. The number of aromatic nitrogens is 3. The molecule has 0 bridgehead atoms. The van der Waals surface area contributed by atoms with Crippen molar-refractivity contribution >= 4 is 29.9 Å². The van der Waals surface area contributed by atoms with Crippen molar-refractivity contribution in [2.75, 3.05) is 20.2 Å². The van der Waals surface area contributed by atoms with Gasteiger partial charge in [0.2, 0.25) is 0 Å². The van der Waals surface area contributed by atoms with Crippen LogP contribution in [0.3, 0.4) is 0 Å². The van der Waals surface area contributed by atoms with Crippen molar-refractivity contribution in [2.24, 2.45) is 12.0 Å².